The van der Waals surface area contributed by atoms with Gasteiger partial charge in [-0.25, -0.2) is 0 Å². The Balaban J connectivity index is 0.000000668. The van der Waals surface area contributed by atoms with Crippen molar-refractivity contribution in [3.05, 3.63) is 77.7 Å². The van der Waals surface area contributed by atoms with E-state index in [0.717, 1.165) is 30.1 Å². The maximum atomic E-state index is 4.80. The average Bonchev–Trinajstić information content (AvgIpc) is 3.25. The van der Waals surface area contributed by atoms with Crippen molar-refractivity contribution in [1.29, 1.82) is 0 Å². The summed E-state index contributed by atoms with van der Waals surface area (Å²) in [6.45, 7) is 13.8. The van der Waals surface area contributed by atoms with Crippen LogP contribution >= 0.6 is 0 Å². The number of piperidine rings is 1. The molecule has 1 fully saturated rings. The Morgan fingerprint density at radius 2 is 2.06 bits per heavy atom. The van der Waals surface area contributed by atoms with Gasteiger partial charge >= 0.3 is 0 Å². The molecule has 0 aromatic heterocycles. The van der Waals surface area contributed by atoms with Crippen LogP contribution in [0.2, 0.25) is 0 Å². The van der Waals surface area contributed by atoms with E-state index in [1.54, 1.807) is 0 Å². The lowest BCUT2D eigenvalue weighted by molar-refractivity contribution is 0.412. The maximum Gasteiger partial charge on any atom is 0.0710 e. The summed E-state index contributed by atoms with van der Waals surface area (Å²) >= 11 is 0. The van der Waals surface area contributed by atoms with E-state index in [9.17, 15) is 0 Å². The highest BCUT2D eigenvalue weighted by Gasteiger charge is 2.33. The second-order valence-corrected chi connectivity index (χ2v) is 9.15. The third-order valence-corrected chi connectivity index (χ3v) is 6.63. The fourth-order valence-corrected chi connectivity index (χ4v) is 4.68. The average molecular weight is 432 g/mol. The molecule has 1 aromatic carbocycles. The second-order valence-electron chi connectivity index (χ2n) is 9.15. The summed E-state index contributed by atoms with van der Waals surface area (Å²) in [5, 5.41) is 7.33. The molecule has 3 heteroatoms. The quantitative estimate of drug-likeness (QED) is 0.452. The summed E-state index contributed by atoms with van der Waals surface area (Å²) in [6, 6.07) is 9.33. The van der Waals surface area contributed by atoms with E-state index < -0.39 is 0 Å². The summed E-state index contributed by atoms with van der Waals surface area (Å²) in [5.74, 6) is 0.869. The monoisotopic (exact) mass is 431 g/mol. The Morgan fingerprint density at radius 1 is 1.25 bits per heavy atom. The molecule has 3 unspecified atom stereocenters. The van der Waals surface area contributed by atoms with Gasteiger partial charge in [0.2, 0.25) is 0 Å². The number of aliphatic imine (C=N–C) groups is 1. The number of unbranched alkanes of at least 4 members (excludes halogenated alkanes) is 1. The molecule has 1 aliphatic carbocycles. The first-order valence-corrected chi connectivity index (χ1v) is 12.5. The van der Waals surface area contributed by atoms with Crippen LogP contribution in [0.15, 0.2) is 77.1 Å². The standard InChI is InChI=1S/C25H31N3.C4H10/c1-4-18(5-2)22-16-27-25-21(22)13-17(3)14-24(25)28-20-10-8-9-19(15-20)23-11-6-7-12-26-23;1-3-4-2/h4-5,8-10,14-17,21,23,26,28H,1,6-7,11-13H2,2-3H3;3-4H2,1-2H3/b18-5+;. The lowest BCUT2D eigenvalue weighted by Gasteiger charge is -2.29. The van der Waals surface area contributed by atoms with Crippen LogP contribution in [0.5, 0.6) is 0 Å². The molecule has 2 heterocycles. The normalized spacial score (nSPS) is 24.9. The van der Waals surface area contributed by atoms with Crippen molar-refractivity contribution in [3.63, 3.8) is 0 Å². The van der Waals surface area contributed by atoms with E-state index in [2.05, 4.69) is 81.3 Å². The van der Waals surface area contributed by atoms with Crippen LogP contribution in [0, 0.1) is 11.8 Å². The van der Waals surface area contributed by atoms with Gasteiger partial charge in [-0.15, -0.1) is 0 Å². The van der Waals surface area contributed by atoms with Gasteiger partial charge in [0.1, 0.15) is 0 Å². The minimum atomic E-state index is 0.356. The minimum absolute atomic E-state index is 0.356. The molecule has 0 spiro atoms. The number of hydrogen-bond acceptors (Lipinski definition) is 3. The third-order valence-electron chi connectivity index (χ3n) is 6.63. The smallest absolute Gasteiger partial charge is 0.0710 e. The molecule has 0 radical (unpaired) electrons. The maximum absolute atomic E-state index is 4.80. The van der Waals surface area contributed by atoms with Crippen molar-refractivity contribution >= 4 is 11.4 Å². The number of allylic oxidation sites excluding steroid dienone is 6. The highest BCUT2D eigenvalue weighted by molar-refractivity contribution is 6.08. The Labute approximate surface area is 195 Å². The molecule has 0 bridgehead atoms. The number of nitrogens with one attached hydrogen (secondary N) is 2. The molecule has 1 aromatic rings. The fourth-order valence-electron chi connectivity index (χ4n) is 4.68. The Hall–Kier alpha value is -2.39. The fraction of sp³-hybridized carbons (Fsp3) is 0.483. The van der Waals surface area contributed by atoms with Crippen LogP contribution in [-0.2, 0) is 0 Å². The number of rotatable bonds is 6. The number of benzene rings is 1. The zero-order chi connectivity index (χ0) is 22.9. The summed E-state index contributed by atoms with van der Waals surface area (Å²) in [4.78, 5) is 4.80. The topological polar surface area (TPSA) is 36.4 Å². The van der Waals surface area contributed by atoms with E-state index in [0.29, 0.717) is 17.9 Å². The molecule has 2 N–H and O–H groups in total. The molecule has 32 heavy (non-hydrogen) atoms. The zero-order valence-electron chi connectivity index (χ0n) is 20.5. The highest BCUT2D eigenvalue weighted by Crippen LogP contribution is 2.38. The summed E-state index contributed by atoms with van der Waals surface area (Å²) in [7, 11) is 0. The summed E-state index contributed by atoms with van der Waals surface area (Å²) < 4.78 is 0. The molecule has 3 aliphatic rings. The van der Waals surface area contributed by atoms with Crippen molar-refractivity contribution in [1.82, 2.24) is 5.32 Å². The number of fused-ring (bicyclic) bond motifs is 1. The van der Waals surface area contributed by atoms with Gasteiger partial charge in [-0.05, 0) is 67.5 Å². The zero-order valence-corrected chi connectivity index (χ0v) is 20.5. The van der Waals surface area contributed by atoms with E-state index >= 15 is 0 Å². The number of hydrogen-bond donors (Lipinski definition) is 2. The van der Waals surface area contributed by atoms with Crippen molar-refractivity contribution in [3.8, 4) is 0 Å². The van der Waals surface area contributed by atoms with Crippen LogP contribution in [0.3, 0.4) is 0 Å². The van der Waals surface area contributed by atoms with Crippen molar-refractivity contribution < 1.29 is 0 Å². The molecule has 1 saturated heterocycles. The van der Waals surface area contributed by atoms with Crippen LogP contribution in [0.4, 0.5) is 5.69 Å². The first-order valence-electron chi connectivity index (χ1n) is 12.5. The molecule has 3 atom stereocenters. The number of anilines is 1. The Bertz CT molecular complexity index is 895. The first kappa shape index (κ1) is 24.3. The molecule has 0 amide bonds. The van der Waals surface area contributed by atoms with E-state index in [1.807, 2.05) is 12.3 Å². The van der Waals surface area contributed by atoms with Gasteiger partial charge in [-0.2, -0.15) is 0 Å². The van der Waals surface area contributed by atoms with Gasteiger partial charge in [-0.3, -0.25) is 4.99 Å². The Morgan fingerprint density at radius 3 is 2.72 bits per heavy atom. The third kappa shape index (κ3) is 5.89. The van der Waals surface area contributed by atoms with Crippen molar-refractivity contribution in [2.24, 2.45) is 16.8 Å². The molecule has 4 rings (SSSR count). The molecule has 2 aliphatic heterocycles. The second kappa shape index (κ2) is 12.0. The highest BCUT2D eigenvalue weighted by atomic mass is 14.9. The van der Waals surface area contributed by atoms with Crippen molar-refractivity contribution in [2.45, 2.75) is 72.3 Å². The van der Waals surface area contributed by atoms with Crippen LogP contribution < -0.4 is 10.6 Å². The van der Waals surface area contributed by atoms with E-state index in [1.165, 1.54) is 48.8 Å². The Kier molecular flexibility index (Phi) is 9.11. The molecule has 0 saturated carbocycles. The predicted octanol–water partition coefficient (Wildman–Crippen LogP) is 7.73. The first-order chi connectivity index (χ1) is 15.6. The van der Waals surface area contributed by atoms with Gasteiger partial charge in [0, 0.05) is 23.8 Å². The SMILES string of the molecule is C=C/C(=C\C)C1=CN=C2C(Nc3cccc(C4CCCCN4)c3)=CC(C)CC12.CCCC. The molecule has 172 valence electrons. The van der Waals surface area contributed by atoms with Crippen LogP contribution in [0.25, 0.3) is 0 Å². The van der Waals surface area contributed by atoms with Crippen LogP contribution in [0.1, 0.15) is 77.8 Å². The predicted molar refractivity (Wildman–Crippen MR) is 140 cm³/mol. The largest absolute Gasteiger partial charge is 0.354 e. The lowest BCUT2D eigenvalue weighted by atomic mass is 9.78. The van der Waals surface area contributed by atoms with Gasteiger partial charge in [-0.1, -0.05) is 77.0 Å². The molecular formula is C29H41N3. The van der Waals surface area contributed by atoms with Gasteiger partial charge < -0.3 is 10.6 Å². The van der Waals surface area contributed by atoms with Crippen molar-refractivity contribution in [2.75, 3.05) is 11.9 Å². The summed E-state index contributed by atoms with van der Waals surface area (Å²) in [5.41, 5.74) is 7.34. The van der Waals surface area contributed by atoms with E-state index in [4.69, 9.17) is 4.99 Å². The molecule has 3 nitrogen and oxygen atoms in total. The summed E-state index contributed by atoms with van der Waals surface area (Å²) in [6.07, 6.45) is 16.0. The van der Waals surface area contributed by atoms with Gasteiger partial charge in [0.25, 0.3) is 0 Å². The minimum Gasteiger partial charge on any atom is -0.354 e. The van der Waals surface area contributed by atoms with Gasteiger partial charge in [0.15, 0.2) is 0 Å². The lowest BCUT2D eigenvalue weighted by Crippen LogP contribution is -2.28. The molecular weight excluding hydrogens is 390 g/mol. The number of nitrogens with zero attached hydrogens (tertiary/aromatic N) is 1. The van der Waals surface area contributed by atoms with E-state index in [-0.39, 0.29) is 0 Å². The van der Waals surface area contributed by atoms with Gasteiger partial charge in [0.05, 0.1) is 11.4 Å². The van der Waals surface area contributed by atoms with Crippen LogP contribution in [-0.4, -0.2) is 12.3 Å².